The number of carbonyl (C=O) groups excluding carboxylic acids is 1. The van der Waals surface area contributed by atoms with Crippen LogP contribution in [-0.4, -0.2) is 42.7 Å². The zero-order valence-electron chi connectivity index (χ0n) is 11.1. The number of thiocarbonyl (C=S) groups is 1. The lowest BCUT2D eigenvalue weighted by atomic mass is 10.3. The van der Waals surface area contributed by atoms with Crippen LogP contribution in [0.15, 0.2) is 35.4 Å². The molecule has 1 N–H and O–H groups in total. The van der Waals surface area contributed by atoms with E-state index in [2.05, 4.69) is 9.97 Å². The van der Waals surface area contributed by atoms with Crippen LogP contribution in [0.3, 0.4) is 0 Å². The van der Waals surface area contributed by atoms with Gasteiger partial charge < -0.3 is 5.11 Å². The summed E-state index contributed by atoms with van der Waals surface area (Å²) in [6, 6.07) is 7.40. The molecule has 1 aromatic heterocycles. The number of aliphatic carboxylic acids is 1. The average Bonchev–Trinajstić information content (AvgIpc) is 2.74. The standard InChI is InChI=1S/C14H9N3O3S2/c18-12(19)7-17-13(20)11(22-14(17)21)5-8-6-15-9-3-1-2-4-10(9)16-8/h1-6H,7H2,(H,18,19)/b11-5+. The van der Waals surface area contributed by atoms with Gasteiger partial charge in [-0.05, 0) is 18.2 Å². The number of amides is 1. The molecule has 110 valence electrons. The van der Waals surface area contributed by atoms with Crippen LogP contribution in [0.25, 0.3) is 17.1 Å². The number of hydrogen-bond acceptors (Lipinski definition) is 6. The van der Waals surface area contributed by atoms with Gasteiger partial charge in [-0.2, -0.15) is 0 Å². The van der Waals surface area contributed by atoms with Crippen molar-refractivity contribution in [2.75, 3.05) is 6.54 Å². The van der Waals surface area contributed by atoms with Crippen molar-refractivity contribution < 1.29 is 14.7 Å². The Balaban J connectivity index is 1.92. The predicted molar refractivity (Wildman–Crippen MR) is 87.1 cm³/mol. The number of benzene rings is 1. The van der Waals surface area contributed by atoms with E-state index in [1.807, 2.05) is 24.3 Å². The van der Waals surface area contributed by atoms with Gasteiger partial charge in [-0.15, -0.1) is 0 Å². The van der Waals surface area contributed by atoms with Crippen molar-refractivity contribution in [3.63, 3.8) is 0 Å². The molecule has 1 aromatic carbocycles. The maximum Gasteiger partial charge on any atom is 0.323 e. The van der Waals surface area contributed by atoms with E-state index in [1.165, 1.54) is 0 Å². The van der Waals surface area contributed by atoms with E-state index in [-0.39, 0.29) is 4.32 Å². The maximum absolute atomic E-state index is 12.2. The molecule has 8 heteroatoms. The third-order valence-electron chi connectivity index (χ3n) is 2.91. The van der Waals surface area contributed by atoms with E-state index in [0.29, 0.717) is 10.6 Å². The van der Waals surface area contributed by atoms with E-state index in [1.54, 1.807) is 12.3 Å². The Kier molecular flexibility index (Phi) is 3.86. The molecule has 0 unspecified atom stereocenters. The highest BCUT2D eigenvalue weighted by molar-refractivity contribution is 8.26. The molecular weight excluding hydrogens is 322 g/mol. The molecule has 2 aromatic rings. The molecule has 0 radical (unpaired) electrons. The Bertz CT molecular complexity index is 835. The molecule has 0 saturated carbocycles. The number of hydrogen-bond donors (Lipinski definition) is 1. The number of carbonyl (C=O) groups is 2. The van der Waals surface area contributed by atoms with Gasteiger partial charge in [-0.1, -0.05) is 36.1 Å². The lowest BCUT2D eigenvalue weighted by Gasteiger charge is -2.10. The number of carboxylic acids is 1. The minimum Gasteiger partial charge on any atom is -0.480 e. The molecule has 1 aliphatic heterocycles. The fourth-order valence-corrected chi connectivity index (χ4v) is 3.19. The minimum absolute atomic E-state index is 0.229. The number of nitrogens with zero attached hydrogens (tertiary/aromatic N) is 3. The molecule has 1 aliphatic rings. The summed E-state index contributed by atoms with van der Waals surface area (Å²) < 4.78 is 0.229. The number of rotatable bonds is 3. The first-order valence-electron chi connectivity index (χ1n) is 6.23. The quantitative estimate of drug-likeness (QED) is 0.679. The molecule has 0 atom stereocenters. The summed E-state index contributed by atoms with van der Waals surface area (Å²) in [7, 11) is 0. The Labute approximate surface area is 134 Å². The number of thioether (sulfide) groups is 1. The SMILES string of the molecule is O=C(O)CN1C(=O)/C(=C\c2cnc3ccccc3n2)SC1=S. The maximum atomic E-state index is 12.2. The largest absolute Gasteiger partial charge is 0.480 e. The number of para-hydroxylation sites is 2. The highest BCUT2D eigenvalue weighted by atomic mass is 32.2. The van der Waals surface area contributed by atoms with Crippen LogP contribution < -0.4 is 0 Å². The Morgan fingerprint density at radius 1 is 1.36 bits per heavy atom. The van der Waals surface area contributed by atoms with E-state index in [4.69, 9.17) is 17.3 Å². The van der Waals surface area contributed by atoms with Gasteiger partial charge in [0, 0.05) is 0 Å². The third-order valence-corrected chi connectivity index (χ3v) is 4.29. The van der Waals surface area contributed by atoms with E-state index in [0.717, 1.165) is 27.7 Å². The van der Waals surface area contributed by atoms with Gasteiger partial charge in [0.2, 0.25) is 0 Å². The summed E-state index contributed by atoms with van der Waals surface area (Å²) in [6.07, 6.45) is 3.13. The first-order valence-corrected chi connectivity index (χ1v) is 7.46. The van der Waals surface area contributed by atoms with Crippen molar-refractivity contribution in [2.24, 2.45) is 0 Å². The molecule has 0 bridgehead atoms. The third kappa shape index (κ3) is 2.83. The molecule has 6 nitrogen and oxygen atoms in total. The summed E-state index contributed by atoms with van der Waals surface area (Å²) >= 11 is 6.10. The van der Waals surface area contributed by atoms with Crippen molar-refractivity contribution in [3.05, 3.63) is 41.1 Å². The van der Waals surface area contributed by atoms with E-state index < -0.39 is 18.4 Å². The molecule has 1 fully saturated rings. The van der Waals surface area contributed by atoms with Crippen LogP contribution in [0.2, 0.25) is 0 Å². The summed E-state index contributed by atoms with van der Waals surface area (Å²) in [5.74, 6) is -1.53. The van der Waals surface area contributed by atoms with Crippen LogP contribution in [0.5, 0.6) is 0 Å². The average molecular weight is 331 g/mol. The topological polar surface area (TPSA) is 83.4 Å². The molecule has 2 heterocycles. The van der Waals surface area contributed by atoms with Gasteiger partial charge in [-0.3, -0.25) is 19.5 Å². The molecule has 3 rings (SSSR count). The number of carboxylic acid groups (broad SMARTS) is 1. The van der Waals surface area contributed by atoms with Crippen LogP contribution in [0, 0.1) is 0 Å². The predicted octanol–water partition coefficient (Wildman–Crippen LogP) is 1.92. The second-order valence-corrected chi connectivity index (χ2v) is 6.12. The summed E-state index contributed by atoms with van der Waals surface area (Å²) in [4.78, 5) is 33.0. The Morgan fingerprint density at radius 3 is 2.82 bits per heavy atom. The summed E-state index contributed by atoms with van der Waals surface area (Å²) in [5.41, 5.74) is 2.00. The van der Waals surface area contributed by atoms with Crippen molar-refractivity contribution >= 4 is 57.3 Å². The summed E-state index contributed by atoms with van der Waals surface area (Å²) in [6.45, 7) is -0.439. The molecule has 0 aliphatic carbocycles. The highest BCUT2D eigenvalue weighted by Crippen LogP contribution is 2.32. The second kappa shape index (κ2) is 5.82. The van der Waals surface area contributed by atoms with Crippen molar-refractivity contribution in [1.29, 1.82) is 0 Å². The number of aromatic nitrogens is 2. The molecule has 0 spiro atoms. The van der Waals surface area contributed by atoms with Gasteiger partial charge in [0.1, 0.15) is 10.9 Å². The van der Waals surface area contributed by atoms with Crippen molar-refractivity contribution in [1.82, 2.24) is 14.9 Å². The lowest BCUT2D eigenvalue weighted by Crippen LogP contribution is -2.33. The first kappa shape index (κ1) is 14.6. The van der Waals surface area contributed by atoms with E-state index >= 15 is 0 Å². The number of fused-ring (bicyclic) bond motifs is 1. The Hall–Kier alpha value is -2.32. The normalized spacial score (nSPS) is 16.7. The zero-order chi connectivity index (χ0) is 15.7. The molecule has 1 saturated heterocycles. The van der Waals surface area contributed by atoms with Crippen LogP contribution in [0.1, 0.15) is 5.69 Å². The van der Waals surface area contributed by atoms with Crippen molar-refractivity contribution in [2.45, 2.75) is 0 Å². The molecular formula is C14H9N3O3S2. The Morgan fingerprint density at radius 2 is 2.09 bits per heavy atom. The summed E-state index contributed by atoms with van der Waals surface area (Å²) in [5, 5.41) is 8.80. The van der Waals surface area contributed by atoms with Crippen LogP contribution >= 0.6 is 24.0 Å². The molecule has 22 heavy (non-hydrogen) atoms. The fraction of sp³-hybridized carbons (Fsp3) is 0.0714. The van der Waals surface area contributed by atoms with Crippen molar-refractivity contribution in [3.8, 4) is 0 Å². The van der Waals surface area contributed by atoms with Crippen LogP contribution in [0.4, 0.5) is 0 Å². The smallest absolute Gasteiger partial charge is 0.323 e. The zero-order valence-corrected chi connectivity index (χ0v) is 12.7. The van der Waals surface area contributed by atoms with Gasteiger partial charge >= 0.3 is 5.97 Å². The van der Waals surface area contributed by atoms with Gasteiger partial charge in [0.15, 0.2) is 0 Å². The second-order valence-electron chi connectivity index (χ2n) is 4.45. The van der Waals surface area contributed by atoms with Gasteiger partial charge in [-0.25, -0.2) is 4.98 Å². The lowest BCUT2D eigenvalue weighted by molar-refractivity contribution is -0.140. The van der Waals surface area contributed by atoms with E-state index in [9.17, 15) is 9.59 Å². The van der Waals surface area contributed by atoms with Crippen LogP contribution in [-0.2, 0) is 9.59 Å². The minimum atomic E-state index is -1.11. The monoisotopic (exact) mass is 331 g/mol. The fourth-order valence-electron chi connectivity index (χ4n) is 1.95. The first-order chi connectivity index (χ1) is 10.5. The van der Waals surface area contributed by atoms with Gasteiger partial charge in [0.25, 0.3) is 5.91 Å². The van der Waals surface area contributed by atoms with Gasteiger partial charge in [0.05, 0.1) is 27.8 Å². The highest BCUT2D eigenvalue weighted by Gasteiger charge is 2.33. The molecule has 1 amide bonds.